The Morgan fingerprint density at radius 2 is 1.84 bits per heavy atom. The molecule has 2 aromatic rings. The molecular formula is C21H26O4. The van der Waals surface area contributed by atoms with Crippen molar-refractivity contribution in [1.82, 2.24) is 0 Å². The maximum Gasteiger partial charge on any atom is 0.309 e. The van der Waals surface area contributed by atoms with E-state index in [1.165, 1.54) is 12.7 Å². The Balaban J connectivity index is 2.25. The number of benzene rings is 2. The summed E-state index contributed by atoms with van der Waals surface area (Å²) in [5.74, 6) is 1.30. The molecule has 0 aliphatic heterocycles. The van der Waals surface area contributed by atoms with Crippen LogP contribution < -0.4 is 9.47 Å². The van der Waals surface area contributed by atoms with Crippen LogP contribution in [-0.4, -0.2) is 19.7 Å². The first-order valence-corrected chi connectivity index (χ1v) is 8.61. The molecular weight excluding hydrogens is 316 g/mol. The Kier molecular flexibility index (Phi) is 6.87. The second kappa shape index (κ2) is 9.11. The maximum atomic E-state index is 11.7. The quantitative estimate of drug-likeness (QED) is 0.673. The van der Waals surface area contributed by atoms with Gasteiger partial charge in [-0.1, -0.05) is 31.2 Å². The van der Waals surface area contributed by atoms with Gasteiger partial charge in [0.25, 0.3) is 0 Å². The van der Waals surface area contributed by atoms with Crippen LogP contribution in [0.15, 0.2) is 36.4 Å². The number of rotatable bonds is 8. The summed E-state index contributed by atoms with van der Waals surface area (Å²) in [5.41, 5.74) is 4.13. The first-order chi connectivity index (χ1) is 12.1. The molecule has 0 aliphatic carbocycles. The minimum atomic E-state index is -0.279. The van der Waals surface area contributed by atoms with Crippen LogP contribution in [0.5, 0.6) is 11.5 Å². The maximum absolute atomic E-state index is 11.7. The topological polar surface area (TPSA) is 44.8 Å². The lowest BCUT2D eigenvalue weighted by atomic mass is 10.0. The van der Waals surface area contributed by atoms with E-state index in [4.69, 9.17) is 14.2 Å². The summed E-state index contributed by atoms with van der Waals surface area (Å²) in [5, 5.41) is 0. The van der Waals surface area contributed by atoms with Crippen LogP contribution in [0.25, 0.3) is 0 Å². The average molecular weight is 342 g/mol. The third kappa shape index (κ3) is 4.99. The molecule has 2 aromatic carbocycles. The molecule has 4 heteroatoms. The van der Waals surface area contributed by atoms with Crippen molar-refractivity contribution >= 4 is 5.97 Å². The van der Waals surface area contributed by atoms with Gasteiger partial charge < -0.3 is 14.2 Å². The normalized spacial score (nSPS) is 10.4. The fraction of sp³-hybridized carbons (Fsp3) is 0.381. The molecule has 0 aromatic heterocycles. The lowest BCUT2D eigenvalue weighted by Crippen LogP contribution is -2.10. The van der Waals surface area contributed by atoms with Crippen LogP contribution in [0.2, 0.25) is 0 Å². The number of aryl methyl sites for hydroxylation is 2. The second-order valence-corrected chi connectivity index (χ2v) is 5.82. The van der Waals surface area contributed by atoms with Gasteiger partial charge in [-0.25, -0.2) is 0 Å². The Morgan fingerprint density at radius 1 is 1.04 bits per heavy atom. The van der Waals surface area contributed by atoms with Crippen LogP contribution >= 0.6 is 0 Å². The standard InChI is InChI=1S/C21H26O4/c1-5-16-10-11-19(15(3)12-16)25-14-18-17(13-21(22)23-4)8-7-9-20(18)24-6-2/h7-12H,5-6,13-14H2,1-4H3. The molecule has 0 spiro atoms. The molecule has 0 radical (unpaired) electrons. The van der Waals surface area contributed by atoms with Gasteiger partial charge in [0.1, 0.15) is 18.1 Å². The summed E-state index contributed by atoms with van der Waals surface area (Å²) < 4.78 is 16.5. The Bertz CT molecular complexity index is 722. The van der Waals surface area contributed by atoms with Crippen molar-refractivity contribution in [2.75, 3.05) is 13.7 Å². The van der Waals surface area contributed by atoms with Crippen molar-refractivity contribution < 1.29 is 19.0 Å². The molecule has 134 valence electrons. The smallest absolute Gasteiger partial charge is 0.309 e. The Labute approximate surface area is 149 Å². The largest absolute Gasteiger partial charge is 0.493 e. The fourth-order valence-electron chi connectivity index (χ4n) is 2.70. The van der Waals surface area contributed by atoms with Crippen LogP contribution in [0, 0.1) is 6.92 Å². The SMILES string of the molecule is CCOc1cccc(CC(=O)OC)c1COc1ccc(CC)cc1C. The lowest BCUT2D eigenvalue weighted by Gasteiger charge is -2.16. The number of ether oxygens (including phenoxy) is 3. The molecule has 0 heterocycles. The molecule has 2 rings (SSSR count). The predicted octanol–water partition coefficient (Wildman–Crippen LogP) is 4.25. The van der Waals surface area contributed by atoms with E-state index in [-0.39, 0.29) is 12.4 Å². The Hall–Kier alpha value is -2.49. The predicted molar refractivity (Wildman–Crippen MR) is 98.2 cm³/mol. The number of hydrogen-bond acceptors (Lipinski definition) is 4. The number of hydrogen-bond donors (Lipinski definition) is 0. The van der Waals surface area contributed by atoms with Gasteiger partial charge in [0.05, 0.1) is 20.1 Å². The molecule has 4 nitrogen and oxygen atoms in total. The summed E-state index contributed by atoms with van der Waals surface area (Å²) in [6.45, 7) is 7.00. The zero-order chi connectivity index (χ0) is 18.2. The zero-order valence-electron chi connectivity index (χ0n) is 15.4. The first-order valence-electron chi connectivity index (χ1n) is 8.61. The highest BCUT2D eigenvalue weighted by Crippen LogP contribution is 2.27. The molecule has 0 saturated carbocycles. The van der Waals surface area contributed by atoms with Crippen LogP contribution in [0.4, 0.5) is 0 Å². The van der Waals surface area contributed by atoms with E-state index in [1.54, 1.807) is 0 Å². The highest BCUT2D eigenvalue weighted by molar-refractivity contribution is 5.73. The average Bonchev–Trinajstić information content (AvgIpc) is 2.62. The summed E-state index contributed by atoms with van der Waals surface area (Å²) in [6.07, 6.45) is 1.20. The van der Waals surface area contributed by atoms with Gasteiger partial charge in [0.2, 0.25) is 0 Å². The molecule has 0 amide bonds. The minimum Gasteiger partial charge on any atom is -0.493 e. The van der Waals surface area contributed by atoms with E-state index in [1.807, 2.05) is 38.1 Å². The number of carbonyl (C=O) groups is 1. The van der Waals surface area contributed by atoms with E-state index in [2.05, 4.69) is 19.1 Å². The van der Waals surface area contributed by atoms with Gasteiger partial charge in [-0.05, 0) is 49.1 Å². The molecule has 0 unspecified atom stereocenters. The fourth-order valence-corrected chi connectivity index (χ4v) is 2.70. The third-order valence-corrected chi connectivity index (χ3v) is 4.11. The van der Waals surface area contributed by atoms with Crippen molar-refractivity contribution in [3.8, 4) is 11.5 Å². The zero-order valence-corrected chi connectivity index (χ0v) is 15.4. The molecule has 0 fully saturated rings. The highest BCUT2D eigenvalue weighted by atomic mass is 16.5. The van der Waals surface area contributed by atoms with Crippen molar-refractivity contribution in [2.24, 2.45) is 0 Å². The number of esters is 1. The van der Waals surface area contributed by atoms with E-state index in [0.717, 1.165) is 34.6 Å². The van der Waals surface area contributed by atoms with E-state index < -0.39 is 0 Å². The van der Waals surface area contributed by atoms with E-state index >= 15 is 0 Å². The second-order valence-electron chi connectivity index (χ2n) is 5.82. The van der Waals surface area contributed by atoms with Crippen molar-refractivity contribution in [2.45, 2.75) is 40.2 Å². The third-order valence-electron chi connectivity index (χ3n) is 4.11. The summed E-state index contributed by atoms with van der Waals surface area (Å²) >= 11 is 0. The summed E-state index contributed by atoms with van der Waals surface area (Å²) in [6, 6.07) is 11.9. The van der Waals surface area contributed by atoms with Gasteiger partial charge in [0, 0.05) is 5.56 Å². The van der Waals surface area contributed by atoms with Crippen molar-refractivity contribution in [3.63, 3.8) is 0 Å². The molecule has 0 atom stereocenters. The molecule has 25 heavy (non-hydrogen) atoms. The van der Waals surface area contributed by atoms with Crippen molar-refractivity contribution in [1.29, 1.82) is 0 Å². The van der Waals surface area contributed by atoms with Gasteiger partial charge >= 0.3 is 5.97 Å². The van der Waals surface area contributed by atoms with Crippen LogP contribution in [0.3, 0.4) is 0 Å². The summed E-state index contributed by atoms with van der Waals surface area (Å²) in [7, 11) is 1.39. The van der Waals surface area contributed by atoms with Gasteiger partial charge in [-0.15, -0.1) is 0 Å². The molecule has 0 saturated heterocycles. The van der Waals surface area contributed by atoms with Crippen LogP contribution in [-0.2, 0) is 29.0 Å². The van der Waals surface area contributed by atoms with Gasteiger partial charge in [-0.2, -0.15) is 0 Å². The van der Waals surface area contributed by atoms with Gasteiger partial charge in [0.15, 0.2) is 0 Å². The first kappa shape index (κ1) is 18.8. The lowest BCUT2D eigenvalue weighted by molar-refractivity contribution is -0.139. The van der Waals surface area contributed by atoms with Crippen LogP contribution in [0.1, 0.15) is 36.1 Å². The number of methoxy groups -OCH3 is 1. The number of carbonyl (C=O) groups excluding carboxylic acids is 1. The molecule has 0 N–H and O–H groups in total. The van der Waals surface area contributed by atoms with Crippen molar-refractivity contribution in [3.05, 3.63) is 58.7 Å². The molecule has 0 bridgehead atoms. The van der Waals surface area contributed by atoms with E-state index in [0.29, 0.717) is 13.2 Å². The van der Waals surface area contributed by atoms with E-state index in [9.17, 15) is 4.79 Å². The Morgan fingerprint density at radius 3 is 2.48 bits per heavy atom. The minimum absolute atomic E-state index is 0.198. The molecule has 0 aliphatic rings. The van der Waals surface area contributed by atoms with Gasteiger partial charge in [-0.3, -0.25) is 4.79 Å². The monoisotopic (exact) mass is 342 g/mol. The highest BCUT2D eigenvalue weighted by Gasteiger charge is 2.14. The summed E-state index contributed by atoms with van der Waals surface area (Å²) in [4.78, 5) is 11.7.